The molecule has 0 radical (unpaired) electrons. The van der Waals surface area contributed by atoms with Crippen LogP contribution in [0.5, 0.6) is 0 Å². The quantitative estimate of drug-likeness (QED) is 0.626. The molecule has 0 heterocycles. The van der Waals surface area contributed by atoms with E-state index >= 15 is 0 Å². The van der Waals surface area contributed by atoms with Crippen molar-refractivity contribution in [3.8, 4) is 11.1 Å². The van der Waals surface area contributed by atoms with Crippen molar-refractivity contribution < 1.29 is 0 Å². The Morgan fingerprint density at radius 3 is 2.72 bits per heavy atom. The van der Waals surface area contributed by atoms with Gasteiger partial charge in [0.25, 0.3) is 0 Å². The van der Waals surface area contributed by atoms with Gasteiger partial charge in [-0.05, 0) is 34.2 Å². The molecule has 2 aromatic rings. The van der Waals surface area contributed by atoms with Crippen LogP contribution in [-0.2, 0) is 6.42 Å². The van der Waals surface area contributed by atoms with Gasteiger partial charge in [-0.3, -0.25) is 0 Å². The van der Waals surface area contributed by atoms with Gasteiger partial charge in [-0.25, -0.2) is 0 Å². The number of rotatable bonds is 0. The number of benzene rings is 2. The van der Waals surface area contributed by atoms with Crippen molar-refractivity contribution in [2.24, 2.45) is 0 Å². The number of hydrogen-bond donors (Lipinski definition) is 0. The highest BCUT2D eigenvalue weighted by atomic mass is 14.3. The molecular weight excluding hydrogens is 216 g/mol. The van der Waals surface area contributed by atoms with Gasteiger partial charge in [-0.15, -0.1) is 0 Å². The van der Waals surface area contributed by atoms with Crippen LogP contribution in [0.15, 0.2) is 66.8 Å². The Kier molecular flexibility index (Phi) is 2.04. The third-order valence-electron chi connectivity index (χ3n) is 3.98. The average molecular weight is 230 g/mol. The summed E-state index contributed by atoms with van der Waals surface area (Å²) in [6.07, 6.45) is 9.95. The predicted molar refractivity (Wildman–Crippen MR) is 75.7 cm³/mol. The molecule has 1 unspecified atom stereocenters. The van der Waals surface area contributed by atoms with Crippen LogP contribution in [0.4, 0.5) is 0 Å². The summed E-state index contributed by atoms with van der Waals surface area (Å²) in [5.74, 6) is 0.442. The summed E-state index contributed by atoms with van der Waals surface area (Å²) in [5, 5.41) is 0. The van der Waals surface area contributed by atoms with Gasteiger partial charge >= 0.3 is 0 Å². The van der Waals surface area contributed by atoms with E-state index in [1.807, 2.05) is 0 Å². The third kappa shape index (κ3) is 1.26. The van der Waals surface area contributed by atoms with Crippen molar-refractivity contribution >= 4 is 0 Å². The first-order chi connectivity index (χ1) is 8.95. The molecule has 0 heteroatoms. The first kappa shape index (κ1) is 9.90. The van der Waals surface area contributed by atoms with Gasteiger partial charge in [0.05, 0.1) is 0 Å². The topological polar surface area (TPSA) is 0 Å². The smallest absolute Gasteiger partial charge is 0.0287 e. The van der Waals surface area contributed by atoms with E-state index in [4.69, 9.17) is 0 Å². The van der Waals surface area contributed by atoms with Gasteiger partial charge in [0, 0.05) is 5.92 Å². The average Bonchev–Trinajstić information content (AvgIpc) is 2.70. The summed E-state index contributed by atoms with van der Waals surface area (Å²) in [6.45, 7) is 0. The maximum absolute atomic E-state index is 2.32. The molecule has 0 aromatic heterocycles. The molecule has 18 heavy (non-hydrogen) atoms. The summed E-state index contributed by atoms with van der Waals surface area (Å²) in [7, 11) is 0. The zero-order valence-electron chi connectivity index (χ0n) is 10.1. The van der Waals surface area contributed by atoms with E-state index in [9.17, 15) is 0 Å². The van der Waals surface area contributed by atoms with Crippen molar-refractivity contribution in [3.05, 3.63) is 83.5 Å². The molecule has 0 fully saturated rings. The van der Waals surface area contributed by atoms with Gasteiger partial charge < -0.3 is 0 Å². The largest absolute Gasteiger partial charge is 0.0801 e. The number of hydrogen-bond acceptors (Lipinski definition) is 0. The molecular formula is C18H14. The highest BCUT2D eigenvalue weighted by molar-refractivity contribution is 5.81. The summed E-state index contributed by atoms with van der Waals surface area (Å²) in [6, 6.07) is 15.5. The molecule has 0 amide bonds. The van der Waals surface area contributed by atoms with Crippen molar-refractivity contribution in [1.82, 2.24) is 0 Å². The fraction of sp³-hybridized carbons (Fsp3) is 0.111. The van der Waals surface area contributed by atoms with Crippen molar-refractivity contribution in [2.75, 3.05) is 0 Å². The Balaban J connectivity index is 2.09. The van der Waals surface area contributed by atoms with Gasteiger partial charge in [-0.2, -0.15) is 0 Å². The van der Waals surface area contributed by atoms with E-state index in [1.54, 1.807) is 0 Å². The lowest BCUT2D eigenvalue weighted by Gasteiger charge is -2.14. The van der Waals surface area contributed by atoms with Gasteiger partial charge in [0.15, 0.2) is 0 Å². The highest BCUT2D eigenvalue weighted by Crippen LogP contribution is 2.47. The normalized spacial score (nSPS) is 22.6. The van der Waals surface area contributed by atoms with E-state index in [2.05, 4.69) is 66.8 Å². The summed E-state index contributed by atoms with van der Waals surface area (Å²) in [4.78, 5) is 0. The minimum Gasteiger partial charge on any atom is -0.0801 e. The van der Waals surface area contributed by atoms with E-state index in [0.717, 1.165) is 6.42 Å². The number of fused-ring (bicyclic) bond motifs is 3. The summed E-state index contributed by atoms with van der Waals surface area (Å²) in [5.41, 5.74) is 7.26. The fourth-order valence-electron chi connectivity index (χ4n) is 3.21. The van der Waals surface area contributed by atoms with Gasteiger partial charge in [0.2, 0.25) is 0 Å². The molecule has 1 atom stereocenters. The lowest BCUT2D eigenvalue weighted by Crippen LogP contribution is -1.98. The first-order valence-electron chi connectivity index (χ1n) is 6.49. The summed E-state index contributed by atoms with van der Waals surface area (Å²) < 4.78 is 0. The van der Waals surface area contributed by atoms with E-state index in [0.29, 0.717) is 5.92 Å². The van der Waals surface area contributed by atoms with Crippen LogP contribution in [0.3, 0.4) is 0 Å². The Labute approximate surface area is 107 Å². The minimum absolute atomic E-state index is 0.442. The van der Waals surface area contributed by atoms with Crippen LogP contribution in [0, 0.1) is 0 Å². The van der Waals surface area contributed by atoms with Crippen LogP contribution in [-0.4, -0.2) is 0 Å². The highest BCUT2D eigenvalue weighted by Gasteiger charge is 2.28. The fourth-order valence-corrected chi connectivity index (χ4v) is 3.21. The Bertz CT molecular complexity index is 674. The van der Waals surface area contributed by atoms with Gasteiger partial charge in [-0.1, -0.05) is 66.8 Å². The van der Waals surface area contributed by atoms with Crippen LogP contribution in [0.1, 0.15) is 22.6 Å². The predicted octanol–water partition coefficient (Wildman–Crippen LogP) is 4.47. The molecule has 0 aliphatic heterocycles. The molecule has 2 aliphatic rings. The second-order valence-electron chi connectivity index (χ2n) is 4.96. The standard InChI is InChI=1S/C18H14/c1-2-7-13-8-6-12-17-15-10-5-4-9-14(15)16(11-3-1)18(13)17/h1-6,8-12,16H,7H2/b2-1-,11-3-. The molecule has 0 saturated heterocycles. The molecule has 0 spiro atoms. The van der Waals surface area contributed by atoms with Crippen LogP contribution in [0.2, 0.25) is 0 Å². The van der Waals surface area contributed by atoms with E-state index in [-0.39, 0.29) is 0 Å². The Hall–Kier alpha value is -2.08. The molecule has 0 nitrogen and oxygen atoms in total. The van der Waals surface area contributed by atoms with Crippen molar-refractivity contribution in [2.45, 2.75) is 12.3 Å². The second kappa shape index (κ2) is 3.71. The molecule has 2 aromatic carbocycles. The third-order valence-corrected chi connectivity index (χ3v) is 3.98. The van der Waals surface area contributed by atoms with E-state index in [1.165, 1.54) is 27.8 Å². The van der Waals surface area contributed by atoms with Gasteiger partial charge in [0.1, 0.15) is 0 Å². The monoisotopic (exact) mass is 230 g/mol. The van der Waals surface area contributed by atoms with Crippen molar-refractivity contribution in [3.63, 3.8) is 0 Å². The summed E-state index contributed by atoms with van der Waals surface area (Å²) >= 11 is 0. The maximum atomic E-state index is 2.32. The number of allylic oxidation sites excluding steroid dienone is 4. The lowest BCUT2D eigenvalue weighted by molar-refractivity contribution is 1.02. The lowest BCUT2D eigenvalue weighted by atomic mass is 9.90. The van der Waals surface area contributed by atoms with Crippen LogP contribution >= 0.6 is 0 Å². The maximum Gasteiger partial charge on any atom is 0.0287 e. The first-order valence-corrected chi connectivity index (χ1v) is 6.49. The molecule has 4 rings (SSSR count). The Morgan fingerprint density at radius 1 is 0.833 bits per heavy atom. The van der Waals surface area contributed by atoms with Crippen LogP contribution in [0.25, 0.3) is 11.1 Å². The molecule has 2 aliphatic carbocycles. The SMILES string of the molecule is C1=C\Cc2cccc3c2C(\C=C/1)c1ccccc1-3. The van der Waals surface area contributed by atoms with E-state index < -0.39 is 0 Å². The van der Waals surface area contributed by atoms with Crippen molar-refractivity contribution in [1.29, 1.82) is 0 Å². The Morgan fingerprint density at radius 2 is 1.72 bits per heavy atom. The molecule has 86 valence electrons. The second-order valence-corrected chi connectivity index (χ2v) is 4.96. The zero-order chi connectivity index (χ0) is 11.9. The molecule has 0 bridgehead atoms. The zero-order valence-corrected chi connectivity index (χ0v) is 10.1. The minimum atomic E-state index is 0.442. The molecule has 0 saturated carbocycles. The van der Waals surface area contributed by atoms with Crippen LogP contribution < -0.4 is 0 Å². The molecule has 0 N–H and O–H groups in total.